The molecule has 0 fully saturated rings. The maximum Gasteiger partial charge on any atom is 0.256 e. The van der Waals surface area contributed by atoms with Crippen LogP contribution in [0.5, 0.6) is 0 Å². The van der Waals surface area contributed by atoms with E-state index in [1.807, 2.05) is 6.92 Å². The smallest absolute Gasteiger partial charge is 0.256 e. The summed E-state index contributed by atoms with van der Waals surface area (Å²) in [6.45, 7) is 5.02. The minimum Gasteiger partial charge on any atom is -0.338 e. The monoisotopic (exact) mass is 284 g/mol. The van der Waals surface area contributed by atoms with Gasteiger partial charge in [0.15, 0.2) is 0 Å². The van der Waals surface area contributed by atoms with Gasteiger partial charge in [-0.1, -0.05) is 24.3 Å². The largest absolute Gasteiger partial charge is 0.338 e. The third-order valence-electron chi connectivity index (χ3n) is 4.40. The molecular formula is C16H16N2OS. The Morgan fingerprint density at radius 3 is 2.80 bits per heavy atom. The molecule has 0 radical (unpaired) electrons. The van der Waals surface area contributed by atoms with Gasteiger partial charge in [0.1, 0.15) is 11.2 Å². The summed E-state index contributed by atoms with van der Waals surface area (Å²) < 4.78 is 0. The van der Waals surface area contributed by atoms with Crippen LogP contribution in [0.25, 0.3) is 0 Å². The molecule has 0 unspecified atom stereocenters. The Kier molecular flexibility index (Phi) is 2.45. The summed E-state index contributed by atoms with van der Waals surface area (Å²) in [6.07, 6.45) is 0.986. The van der Waals surface area contributed by atoms with Gasteiger partial charge in [-0.15, -0.1) is 11.3 Å². The van der Waals surface area contributed by atoms with Gasteiger partial charge >= 0.3 is 0 Å². The molecule has 4 rings (SSSR count). The van der Waals surface area contributed by atoms with Crippen molar-refractivity contribution < 1.29 is 4.79 Å². The molecule has 1 aromatic carbocycles. The van der Waals surface area contributed by atoms with E-state index in [-0.39, 0.29) is 12.1 Å². The van der Waals surface area contributed by atoms with E-state index in [0.717, 1.165) is 29.1 Å². The molecule has 3 nitrogen and oxygen atoms in total. The van der Waals surface area contributed by atoms with Gasteiger partial charge in [0.2, 0.25) is 0 Å². The van der Waals surface area contributed by atoms with Crippen LogP contribution in [0.2, 0.25) is 0 Å². The quantitative estimate of drug-likeness (QED) is 0.806. The number of anilines is 1. The van der Waals surface area contributed by atoms with E-state index in [9.17, 15) is 4.79 Å². The van der Waals surface area contributed by atoms with Crippen LogP contribution in [0.4, 0.5) is 5.00 Å². The van der Waals surface area contributed by atoms with E-state index < -0.39 is 0 Å². The third kappa shape index (κ3) is 1.54. The fourth-order valence-corrected chi connectivity index (χ4v) is 4.37. The number of hydrogen-bond acceptors (Lipinski definition) is 3. The van der Waals surface area contributed by atoms with Gasteiger partial charge in [-0.05, 0) is 30.5 Å². The van der Waals surface area contributed by atoms with E-state index in [2.05, 4.69) is 41.4 Å². The zero-order valence-corrected chi connectivity index (χ0v) is 12.4. The van der Waals surface area contributed by atoms with Crippen molar-refractivity contribution in [3.8, 4) is 0 Å². The zero-order chi connectivity index (χ0) is 13.9. The van der Waals surface area contributed by atoms with Crippen molar-refractivity contribution in [1.82, 2.24) is 5.32 Å². The lowest BCUT2D eigenvalue weighted by Gasteiger charge is -2.41. The third-order valence-corrected chi connectivity index (χ3v) is 5.65. The molecule has 0 spiro atoms. The molecule has 2 aromatic rings. The van der Waals surface area contributed by atoms with Crippen molar-refractivity contribution in [3.05, 3.63) is 51.4 Å². The number of carbonyl (C=O) groups excluding carboxylic acids is 1. The van der Waals surface area contributed by atoms with Gasteiger partial charge in [-0.3, -0.25) is 4.79 Å². The number of hydrogen-bond donors (Lipinski definition) is 1. The lowest BCUT2D eigenvalue weighted by atomic mass is 9.95. The second-order valence-electron chi connectivity index (χ2n) is 5.55. The van der Waals surface area contributed by atoms with Gasteiger partial charge in [-0.25, -0.2) is 0 Å². The predicted octanol–water partition coefficient (Wildman–Crippen LogP) is 3.00. The fourth-order valence-electron chi connectivity index (χ4n) is 3.17. The average Bonchev–Trinajstić information content (AvgIpc) is 2.74. The maximum atomic E-state index is 12.4. The summed E-state index contributed by atoms with van der Waals surface area (Å²) in [6, 6.07) is 8.52. The maximum absolute atomic E-state index is 12.4. The highest BCUT2D eigenvalue weighted by Crippen LogP contribution is 2.41. The van der Waals surface area contributed by atoms with Crippen LogP contribution < -0.4 is 10.2 Å². The predicted molar refractivity (Wildman–Crippen MR) is 81.4 cm³/mol. The Labute approximate surface area is 122 Å². The molecule has 1 N–H and O–H groups in total. The average molecular weight is 284 g/mol. The number of rotatable bonds is 0. The first-order valence-corrected chi connectivity index (χ1v) is 7.71. The molecule has 4 heteroatoms. The van der Waals surface area contributed by atoms with E-state index >= 15 is 0 Å². The van der Waals surface area contributed by atoms with Crippen molar-refractivity contribution in [3.63, 3.8) is 0 Å². The van der Waals surface area contributed by atoms with Gasteiger partial charge in [0.25, 0.3) is 5.91 Å². The summed E-state index contributed by atoms with van der Waals surface area (Å²) in [5.74, 6) is 0.0856. The number of nitrogens with one attached hydrogen (secondary N) is 1. The Balaban J connectivity index is 1.84. The Bertz CT molecular complexity index is 719. The van der Waals surface area contributed by atoms with Crippen LogP contribution in [-0.2, 0) is 13.0 Å². The number of nitrogens with zero attached hydrogens (tertiary/aromatic N) is 1. The van der Waals surface area contributed by atoms with Crippen LogP contribution in [0.3, 0.4) is 0 Å². The molecule has 0 saturated carbocycles. The first-order valence-electron chi connectivity index (χ1n) is 6.89. The minimum absolute atomic E-state index is 0.0856. The molecule has 1 aromatic heterocycles. The second-order valence-corrected chi connectivity index (χ2v) is 6.76. The van der Waals surface area contributed by atoms with Gasteiger partial charge in [0, 0.05) is 17.8 Å². The van der Waals surface area contributed by atoms with E-state index in [0.29, 0.717) is 0 Å². The molecule has 1 atom stereocenters. The number of fused-ring (bicyclic) bond motifs is 4. The standard InChI is InChI=1S/C16H16N2OS/c1-9-10(2)20-16-14(9)15(19)17-13-7-11-5-3-4-6-12(11)8-18(13)16/h3-6,13H,7-8H2,1-2H3,(H,17,19)/t13-/m1/s1. The SMILES string of the molecule is Cc1sc2c(c1C)C(=O)N[C@H]1Cc3ccccc3CN21. The summed E-state index contributed by atoms with van der Waals surface area (Å²) in [5.41, 5.74) is 4.72. The topological polar surface area (TPSA) is 32.3 Å². The fraction of sp³-hybridized carbons (Fsp3) is 0.312. The summed E-state index contributed by atoms with van der Waals surface area (Å²) in [5, 5.41) is 4.31. The molecule has 2 aliphatic rings. The lowest BCUT2D eigenvalue weighted by molar-refractivity contribution is 0.0925. The van der Waals surface area contributed by atoms with Crippen molar-refractivity contribution in [2.75, 3.05) is 4.90 Å². The van der Waals surface area contributed by atoms with Gasteiger partial charge in [0.05, 0.1) is 5.56 Å². The molecule has 102 valence electrons. The first kappa shape index (κ1) is 12.0. The van der Waals surface area contributed by atoms with Crippen molar-refractivity contribution in [2.45, 2.75) is 33.0 Å². The minimum atomic E-state index is 0.0856. The van der Waals surface area contributed by atoms with Crippen LogP contribution in [-0.4, -0.2) is 12.1 Å². The summed E-state index contributed by atoms with van der Waals surface area (Å²) >= 11 is 1.75. The van der Waals surface area contributed by atoms with E-state index in [1.165, 1.54) is 16.0 Å². The molecule has 3 heterocycles. The number of carbonyl (C=O) groups is 1. The lowest BCUT2D eigenvalue weighted by Crippen LogP contribution is -2.55. The molecule has 1 amide bonds. The number of benzene rings is 1. The first-order chi connectivity index (χ1) is 9.65. The highest BCUT2D eigenvalue weighted by Gasteiger charge is 2.37. The van der Waals surface area contributed by atoms with Crippen LogP contribution in [0.15, 0.2) is 24.3 Å². The molecular weight excluding hydrogens is 268 g/mol. The number of amides is 1. The normalized spacial score (nSPS) is 20.0. The summed E-state index contributed by atoms with van der Waals surface area (Å²) in [4.78, 5) is 15.9. The van der Waals surface area contributed by atoms with Crippen LogP contribution in [0, 0.1) is 13.8 Å². The summed E-state index contributed by atoms with van der Waals surface area (Å²) in [7, 11) is 0. The molecule has 2 aliphatic heterocycles. The van der Waals surface area contributed by atoms with Gasteiger partial charge in [-0.2, -0.15) is 0 Å². The molecule has 0 saturated heterocycles. The van der Waals surface area contributed by atoms with Crippen LogP contribution in [0.1, 0.15) is 31.9 Å². The van der Waals surface area contributed by atoms with Crippen molar-refractivity contribution in [1.29, 1.82) is 0 Å². The number of aryl methyl sites for hydroxylation is 1. The Morgan fingerprint density at radius 1 is 1.25 bits per heavy atom. The van der Waals surface area contributed by atoms with Crippen molar-refractivity contribution >= 4 is 22.2 Å². The molecule has 0 bridgehead atoms. The number of thiophene rings is 1. The second kappa shape index (κ2) is 4.09. The highest BCUT2D eigenvalue weighted by atomic mass is 32.1. The zero-order valence-electron chi connectivity index (χ0n) is 11.6. The van der Waals surface area contributed by atoms with Crippen LogP contribution >= 0.6 is 11.3 Å². The molecule has 0 aliphatic carbocycles. The van der Waals surface area contributed by atoms with E-state index in [1.54, 1.807) is 11.3 Å². The van der Waals surface area contributed by atoms with E-state index in [4.69, 9.17) is 0 Å². The van der Waals surface area contributed by atoms with Crippen molar-refractivity contribution in [2.24, 2.45) is 0 Å². The molecule has 20 heavy (non-hydrogen) atoms. The van der Waals surface area contributed by atoms with Gasteiger partial charge < -0.3 is 10.2 Å². The Hall–Kier alpha value is -1.81. The Morgan fingerprint density at radius 2 is 2.00 bits per heavy atom. The highest BCUT2D eigenvalue weighted by molar-refractivity contribution is 7.16.